The smallest absolute Gasteiger partial charge is 0.0945 e. The summed E-state index contributed by atoms with van der Waals surface area (Å²) in [5, 5.41) is 4.19. The minimum absolute atomic E-state index is 0. The van der Waals surface area contributed by atoms with E-state index >= 15 is 0 Å². The molecule has 0 fully saturated rings. The molecule has 1 N–H and O–H groups in total. The summed E-state index contributed by atoms with van der Waals surface area (Å²) in [6.07, 6.45) is 6.73. The fourth-order valence-electron chi connectivity index (χ4n) is 1.69. The molecule has 1 heterocycles. The Morgan fingerprint density at radius 2 is 2.11 bits per heavy atom. The average molecular weight is 323 g/mol. The molecule has 0 saturated carbocycles. The van der Waals surface area contributed by atoms with Crippen molar-refractivity contribution in [3.05, 3.63) is 53.6 Å². The van der Waals surface area contributed by atoms with Crippen LogP contribution in [-0.4, -0.2) is 16.1 Å². The lowest BCUT2D eigenvalue weighted by Gasteiger charge is -2.05. The van der Waals surface area contributed by atoms with E-state index in [0.717, 1.165) is 31.1 Å². The van der Waals surface area contributed by atoms with E-state index in [4.69, 9.17) is 11.6 Å². The highest BCUT2D eigenvalue weighted by molar-refractivity contribution is 6.30. The van der Waals surface area contributed by atoms with Crippen LogP contribution in [0.15, 0.2) is 43.0 Å². The van der Waals surface area contributed by atoms with Gasteiger partial charge in [0.05, 0.1) is 6.33 Å². The van der Waals surface area contributed by atoms with Crippen molar-refractivity contribution in [2.45, 2.75) is 19.5 Å². The highest BCUT2D eigenvalue weighted by Crippen LogP contribution is 2.10. The lowest BCUT2D eigenvalue weighted by molar-refractivity contribution is 0.581. The fourth-order valence-corrected chi connectivity index (χ4v) is 1.90. The molecule has 0 saturated heterocycles. The fraction of sp³-hybridized carbons (Fsp3) is 0.308. The van der Waals surface area contributed by atoms with Crippen molar-refractivity contribution in [2.24, 2.45) is 0 Å². The minimum atomic E-state index is 0. The van der Waals surface area contributed by atoms with Crippen LogP contribution in [0.4, 0.5) is 0 Å². The second kappa shape index (κ2) is 10.1. The van der Waals surface area contributed by atoms with Crippen molar-refractivity contribution in [3.8, 4) is 0 Å². The van der Waals surface area contributed by atoms with Gasteiger partial charge in [-0.15, -0.1) is 24.8 Å². The molecule has 1 aromatic heterocycles. The maximum atomic E-state index is 5.91. The zero-order chi connectivity index (χ0) is 11.9. The number of halogens is 3. The van der Waals surface area contributed by atoms with E-state index in [1.807, 2.05) is 30.7 Å². The molecule has 1 aromatic carbocycles. The third kappa shape index (κ3) is 6.83. The lowest BCUT2D eigenvalue weighted by atomic mass is 10.2. The predicted molar refractivity (Wildman–Crippen MR) is 84.5 cm³/mol. The summed E-state index contributed by atoms with van der Waals surface area (Å²) in [6, 6.07) is 7.94. The summed E-state index contributed by atoms with van der Waals surface area (Å²) >= 11 is 5.91. The van der Waals surface area contributed by atoms with Gasteiger partial charge in [0.2, 0.25) is 0 Å². The Labute approximate surface area is 131 Å². The molecule has 0 radical (unpaired) electrons. The van der Waals surface area contributed by atoms with Crippen molar-refractivity contribution < 1.29 is 0 Å². The van der Waals surface area contributed by atoms with Gasteiger partial charge < -0.3 is 9.88 Å². The van der Waals surface area contributed by atoms with Gasteiger partial charge in [0, 0.05) is 30.5 Å². The molecule has 0 amide bonds. The number of hydrogen-bond acceptors (Lipinski definition) is 2. The van der Waals surface area contributed by atoms with E-state index in [0.29, 0.717) is 0 Å². The largest absolute Gasteiger partial charge is 0.337 e. The minimum Gasteiger partial charge on any atom is -0.337 e. The Bertz CT molecular complexity index is 446. The zero-order valence-corrected chi connectivity index (χ0v) is 12.8. The van der Waals surface area contributed by atoms with Gasteiger partial charge in [-0.05, 0) is 30.7 Å². The molecule has 2 rings (SSSR count). The van der Waals surface area contributed by atoms with Crippen LogP contribution in [-0.2, 0) is 13.1 Å². The number of benzene rings is 1. The number of imidazole rings is 1. The monoisotopic (exact) mass is 321 g/mol. The van der Waals surface area contributed by atoms with Gasteiger partial charge >= 0.3 is 0 Å². The van der Waals surface area contributed by atoms with E-state index in [1.165, 1.54) is 5.56 Å². The Kier molecular flexibility index (Phi) is 9.70. The van der Waals surface area contributed by atoms with E-state index in [9.17, 15) is 0 Å². The van der Waals surface area contributed by atoms with Crippen LogP contribution in [0.3, 0.4) is 0 Å². The Morgan fingerprint density at radius 3 is 2.79 bits per heavy atom. The van der Waals surface area contributed by atoms with Gasteiger partial charge in [0.1, 0.15) is 0 Å². The maximum absolute atomic E-state index is 5.91. The number of rotatable bonds is 6. The molecule has 0 aliphatic heterocycles. The average Bonchev–Trinajstić information content (AvgIpc) is 2.82. The number of hydrogen-bond donors (Lipinski definition) is 1. The van der Waals surface area contributed by atoms with Gasteiger partial charge in [-0.1, -0.05) is 23.7 Å². The number of nitrogens with zero attached hydrogens (tertiary/aromatic N) is 2. The quantitative estimate of drug-likeness (QED) is 0.824. The van der Waals surface area contributed by atoms with Gasteiger partial charge in [-0.3, -0.25) is 0 Å². The summed E-state index contributed by atoms with van der Waals surface area (Å²) in [6.45, 7) is 2.86. The molecule has 0 unspecified atom stereocenters. The molecule has 0 bridgehead atoms. The number of nitrogens with one attached hydrogen (secondary N) is 1. The second-order valence-corrected chi connectivity index (χ2v) is 4.40. The summed E-state index contributed by atoms with van der Waals surface area (Å²) < 4.78 is 2.08. The molecule has 2 aromatic rings. The molecular formula is C13H18Cl3N3. The standard InChI is InChI=1S/C13H16ClN3.2ClH/c14-13-4-1-3-12(9-13)10-15-5-2-7-17-8-6-16-11-17;;/h1,3-4,6,8-9,11,15H,2,5,7,10H2;2*1H. The predicted octanol–water partition coefficient (Wildman–Crippen LogP) is 3.56. The van der Waals surface area contributed by atoms with Gasteiger partial charge in [0.15, 0.2) is 0 Å². The third-order valence-corrected chi connectivity index (χ3v) is 2.78. The van der Waals surface area contributed by atoms with Gasteiger partial charge in [-0.25, -0.2) is 4.98 Å². The lowest BCUT2D eigenvalue weighted by Crippen LogP contribution is -2.16. The van der Waals surface area contributed by atoms with E-state index in [-0.39, 0.29) is 24.8 Å². The molecule has 19 heavy (non-hydrogen) atoms. The normalized spacial score (nSPS) is 9.53. The van der Waals surface area contributed by atoms with Crippen molar-refractivity contribution in [3.63, 3.8) is 0 Å². The molecule has 0 aliphatic rings. The van der Waals surface area contributed by atoms with Crippen LogP contribution in [0.2, 0.25) is 5.02 Å². The van der Waals surface area contributed by atoms with E-state index in [1.54, 1.807) is 6.20 Å². The first-order valence-corrected chi connectivity index (χ1v) is 6.13. The topological polar surface area (TPSA) is 29.9 Å². The van der Waals surface area contributed by atoms with Crippen LogP contribution in [0.25, 0.3) is 0 Å². The van der Waals surface area contributed by atoms with Crippen LogP contribution < -0.4 is 5.32 Å². The SMILES string of the molecule is Cl.Cl.Clc1cccc(CNCCCn2ccnc2)c1. The summed E-state index contributed by atoms with van der Waals surface area (Å²) in [7, 11) is 0. The Hall–Kier alpha value is -0.740. The molecule has 0 spiro atoms. The first kappa shape index (κ1) is 18.3. The van der Waals surface area contributed by atoms with Crippen LogP contribution in [0.1, 0.15) is 12.0 Å². The molecule has 0 atom stereocenters. The first-order chi connectivity index (χ1) is 8.34. The second-order valence-electron chi connectivity index (χ2n) is 3.96. The molecular weight excluding hydrogens is 305 g/mol. The summed E-state index contributed by atoms with van der Waals surface area (Å²) in [4.78, 5) is 4.01. The third-order valence-electron chi connectivity index (χ3n) is 2.55. The van der Waals surface area contributed by atoms with Gasteiger partial charge in [0.25, 0.3) is 0 Å². The molecule has 3 nitrogen and oxygen atoms in total. The van der Waals surface area contributed by atoms with E-state index < -0.39 is 0 Å². The van der Waals surface area contributed by atoms with Crippen molar-refractivity contribution in [1.29, 1.82) is 0 Å². The van der Waals surface area contributed by atoms with E-state index in [2.05, 4.69) is 20.9 Å². The maximum Gasteiger partial charge on any atom is 0.0945 e. The Morgan fingerprint density at radius 1 is 1.26 bits per heavy atom. The van der Waals surface area contributed by atoms with Crippen molar-refractivity contribution >= 4 is 36.4 Å². The molecule has 106 valence electrons. The molecule has 0 aliphatic carbocycles. The van der Waals surface area contributed by atoms with Gasteiger partial charge in [-0.2, -0.15) is 0 Å². The number of aryl methyl sites for hydroxylation is 1. The van der Waals surface area contributed by atoms with Crippen LogP contribution in [0.5, 0.6) is 0 Å². The highest BCUT2D eigenvalue weighted by Gasteiger charge is 1.94. The van der Waals surface area contributed by atoms with Crippen LogP contribution in [0, 0.1) is 0 Å². The highest BCUT2D eigenvalue weighted by atomic mass is 35.5. The van der Waals surface area contributed by atoms with Crippen LogP contribution >= 0.6 is 36.4 Å². The number of aromatic nitrogens is 2. The summed E-state index contributed by atoms with van der Waals surface area (Å²) in [5.74, 6) is 0. The van der Waals surface area contributed by atoms with Crippen molar-refractivity contribution in [2.75, 3.05) is 6.54 Å². The first-order valence-electron chi connectivity index (χ1n) is 5.75. The van der Waals surface area contributed by atoms with Crippen molar-refractivity contribution in [1.82, 2.24) is 14.9 Å². The Balaban J connectivity index is 0.00000162. The molecule has 6 heteroatoms. The summed E-state index contributed by atoms with van der Waals surface area (Å²) in [5.41, 5.74) is 1.22. The zero-order valence-electron chi connectivity index (χ0n) is 10.5.